The van der Waals surface area contributed by atoms with Crippen molar-refractivity contribution in [1.82, 2.24) is 0 Å². The first-order chi connectivity index (χ1) is 17.8. The van der Waals surface area contributed by atoms with Gasteiger partial charge in [0.2, 0.25) is 0 Å². The molecule has 0 aromatic carbocycles. The van der Waals surface area contributed by atoms with Crippen molar-refractivity contribution in [3.8, 4) is 0 Å². The first kappa shape index (κ1) is 34.0. The second-order valence-corrected chi connectivity index (χ2v) is 11.2. The molecule has 7 nitrogen and oxygen atoms in total. The van der Waals surface area contributed by atoms with Crippen LogP contribution in [-0.4, -0.2) is 68.1 Å². The van der Waals surface area contributed by atoms with Crippen LogP contribution in [0.1, 0.15) is 135 Å². The maximum atomic E-state index is 11.3. The molecular weight excluding hydrogens is 472 g/mol. The van der Waals surface area contributed by atoms with Gasteiger partial charge >= 0.3 is 5.97 Å². The summed E-state index contributed by atoms with van der Waals surface area (Å²) >= 11 is 0. The van der Waals surface area contributed by atoms with Crippen molar-refractivity contribution < 1.29 is 35.1 Å². The summed E-state index contributed by atoms with van der Waals surface area (Å²) in [6.07, 6.45) is 17.0. The number of hydrogen-bond acceptors (Lipinski definition) is 7. The standard InChI is InChI=1S/C30H56O7/c1-2-3-4-5-6-7-8-9-10-11-12-13-14-16-24(31)19-25(32)20-26(33)21-27(34)22-28(35)23-29-17-15-18-30(36)37-29/h15,18,24-29,31-35H,2-14,16-17,19-23H2,1H3/t24-,25+,26+,27+,28+,29+/m1/s1. The molecule has 0 aliphatic carbocycles. The minimum Gasteiger partial charge on any atom is -0.459 e. The number of carbonyl (C=O) groups excluding carboxylic acids is 1. The largest absolute Gasteiger partial charge is 0.459 e. The van der Waals surface area contributed by atoms with Crippen molar-refractivity contribution >= 4 is 5.97 Å². The summed E-state index contributed by atoms with van der Waals surface area (Å²) in [5, 5.41) is 51.0. The molecule has 37 heavy (non-hydrogen) atoms. The van der Waals surface area contributed by atoms with E-state index in [2.05, 4.69) is 6.92 Å². The van der Waals surface area contributed by atoms with Crippen LogP contribution >= 0.6 is 0 Å². The first-order valence-corrected chi connectivity index (χ1v) is 15.1. The van der Waals surface area contributed by atoms with Crippen LogP contribution < -0.4 is 0 Å². The molecule has 1 heterocycles. The van der Waals surface area contributed by atoms with E-state index in [9.17, 15) is 30.3 Å². The monoisotopic (exact) mass is 528 g/mol. The Morgan fingerprint density at radius 2 is 1.11 bits per heavy atom. The lowest BCUT2D eigenvalue weighted by atomic mass is 9.96. The van der Waals surface area contributed by atoms with Gasteiger partial charge < -0.3 is 30.3 Å². The van der Waals surface area contributed by atoms with E-state index in [0.29, 0.717) is 12.8 Å². The predicted octanol–water partition coefficient (Wildman–Crippen LogP) is 5.09. The molecule has 0 fully saturated rings. The summed E-state index contributed by atoms with van der Waals surface area (Å²) in [6.45, 7) is 2.25. The van der Waals surface area contributed by atoms with Crippen molar-refractivity contribution in [2.24, 2.45) is 0 Å². The van der Waals surface area contributed by atoms with E-state index in [-0.39, 0.29) is 32.1 Å². The normalized spacial score (nSPS) is 19.8. The van der Waals surface area contributed by atoms with Gasteiger partial charge in [-0.25, -0.2) is 4.79 Å². The zero-order valence-corrected chi connectivity index (χ0v) is 23.3. The van der Waals surface area contributed by atoms with Gasteiger partial charge in [-0.2, -0.15) is 0 Å². The number of esters is 1. The van der Waals surface area contributed by atoms with Gasteiger partial charge in [-0.05, 0) is 32.1 Å². The Hall–Kier alpha value is -0.990. The van der Waals surface area contributed by atoms with Crippen LogP contribution in [0.3, 0.4) is 0 Å². The number of ether oxygens (including phenoxy) is 1. The fourth-order valence-electron chi connectivity index (χ4n) is 5.17. The molecule has 6 atom stereocenters. The van der Waals surface area contributed by atoms with Crippen LogP contribution in [0, 0.1) is 0 Å². The fraction of sp³-hybridized carbons (Fsp3) is 0.900. The van der Waals surface area contributed by atoms with E-state index >= 15 is 0 Å². The van der Waals surface area contributed by atoms with Crippen molar-refractivity contribution in [2.75, 3.05) is 0 Å². The smallest absolute Gasteiger partial charge is 0.330 e. The number of carbonyl (C=O) groups is 1. The molecular formula is C30H56O7. The molecule has 7 heteroatoms. The summed E-state index contributed by atoms with van der Waals surface area (Å²) in [7, 11) is 0. The van der Waals surface area contributed by atoms with Crippen molar-refractivity contribution in [2.45, 2.75) is 172 Å². The maximum absolute atomic E-state index is 11.3. The second-order valence-electron chi connectivity index (χ2n) is 11.2. The molecule has 1 aliphatic heterocycles. The highest BCUT2D eigenvalue weighted by Crippen LogP contribution is 2.19. The third-order valence-electron chi connectivity index (χ3n) is 7.29. The second kappa shape index (κ2) is 21.9. The lowest BCUT2D eigenvalue weighted by Crippen LogP contribution is -2.30. The number of rotatable bonds is 24. The number of aliphatic hydroxyl groups is 5. The minimum absolute atomic E-state index is 0.0351. The average molecular weight is 529 g/mol. The highest BCUT2D eigenvalue weighted by atomic mass is 16.5. The highest BCUT2D eigenvalue weighted by molar-refractivity contribution is 5.82. The third-order valence-corrected chi connectivity index (χ3v) is 7.29. The Morgan fingerprint density at radius 3 is 1.59 bits per heavy atom. The molecule has 1 rings (SSSR count). The van der Waals surface area contributed by atoms with E-state index in [1.807, 2.05) is 0 Å². The Kier molecular flexibility index (Phi) is 20.1. The lowest BCUT2D eigenvalue weighted by Gasteiger charge is -2.24. The van der Waals surface area contributed by atoms with Crippen LogP contribution in [-0.2, 0) is 9.53 Å². The van der Waals surface area contributed by atoms with Gasteiger partial charge in [-0.15, -0.1) is 0 Å². The predicted molar refractivity (Wildman–Crippen MR) is 147 cm³/mol. The summed E-state index contributed by atoms with van der Waals surface area (Å²) in [6, 6.07) is 0. The van der Waals surface area contributed by atoms with Crippen LogP contribution in [0.2, 0.25) is 0 Å². The van der Waals surface area contributed by atoms with Gasteiger partial charge in [0, 0.05) is 18.9 Å². The Bertz CT molecular complexity index is 582. The van der Waals surface area contributed by atoms with Gasteiger partial charge in [0.25, 0.3) is 0 Å². The van der Waals surface area contributed by atoms with Crippen LogP contribution in [0.4, 0.5) is 0 Å². The molecule has 0 aromatic heterocycles. The Labute approximate surface area is 225 Å². The van der Waals surface area contributed by atoms with E-state index < -0.39 is 42.6 Å². The molecule has 1 aliphatic rings. The molecule has 0 unspecified atom stereocenters. The molecule has 0 radical (unpaired) electrons. The number of aliphatic hydroxyl groups excluding tert-OH is 5. The minimum atomic E-state index is -0.928. The van der Waals surface area contributed by atoms with Gasteiger partial charge in [-0.1, -0.05) is 96.5 Å². The van der Waals surface area contributed by atoms with Crippen molar-refractivity contribution in [1.29, 1.82) is 0 Å². The molecule has 5 N–H and O–H groups in total. The van der Waals surface area contributed by atoms with E-state index in [1.54, 1.807) is 6.08 Å². The first-order valence-electron chi connectivity index (χ1n) is 15.1. The van der Waals surface area contributed by atoms with Crippen LogP contribution in [0.5, 0.6) is 0 Å². The van der Waals surface area contributed by atoms with E-state index in [0.717, 1.165) is 12.8 Å². The summed E-state index contributed by atoms with van der Waals surface area (Å²) < 4.78 is 5.11. The summed E-state index contributed by atoms with van der Waals surface area (Å²) in [4.78, 5) is 11.3. The van der Waals surface area contributed by atoms with Crippen LogP contribution in [0.15, 0.2) is 12.2 Å². The molecule has 0 bridgehead atoms. The number of unbranched alkanes of at least 4 members (excludes halogenated alkanes) is 12. The molecule has 218 valence electrons. The van der Waals surface area contributed by atoms with Gasteiger partial charge in [0.05, 0.1) is 30.5 Å². The number of hydrogen-bond donors (Lipinski definition) is 5. The lowest BCUT2D eigenvalue weighted by molar-refractivity contribution is -0.145. The molecule has 0 amide bonds. The zero-order chi connectivity index (χ0) is 27.3. The maximum Gasteiger partial charge on any atom is 0.330 e. The molecule has 0 spiro atoms. The van der Waals surface area contributed by atoms with Gasteiger partial charge in [0.15, 0.2) is 0 Å². The molecule has 0 aromatic rings. The van der Waals surface area contributed by atoms with Crippen LogP contribution in [0.25, 0.3) is 0 Å². The SMILES string of the molecule is CCCCCCCCCCCCCCC[C@@H](O)C[C@H](O)C[C@H](O)C[C@H](O)C[C@H](O)C[C@@H]1CC=CC(=O)O1. The topological polar surface area (TPSA) is 127 Å². The number of cyclic esters (lactones) is 1. The van der Waals surface area contributed by atoms with E-state index in [1.165, 1.54) is 76.7 Å². The average Bonchev–Trinajstić information content (AvgIpc) is 2.81. The Balaban J connectivity index is 2.00. The van der Waals surface area contributed by atoms with Gasteiger partial charge in [0.1, 0.15) is 6.10 Å². The van der Waals surface area contributed by atoms with Crippen molar-refractivity contribution in [3.05, 3.63) is 12.2 Å². The summed E-state index contributed by atoms with van der Waals surface area (Å²) in [5.41, 5.74) is 0. The zero-order valence-electron chi connectivity index (χ0n) is 23.3. The summed E-state index contributed by atoms with van der Waals surface area (Å²) in [5.74, 6) is -0.426. The molecule has 0 saturated carbocycles. The Morgan fingerprint density at radius 1 is 0.676 bits per heavy atom. The van der Waals surface area contributed by atoms with Gasteiger partial charge in [-0.3, -0.25) is 0 Å². The van der Waals surface area contributed by atoms with Crippen molar-refractivity contribution in [3.63, 3.8) is 0 Å². The molecule has 0 saturated heterocycles. The fourth-order valence-corrected chi connectivity index (χ4v) is 5.17. The quantitative estimate of drug-likeness (QED) is 0.0871. The highest BCUT2D eigenvalue weighted by Gasteiger charge is 2.24. The van der Waals surface area contributed by atoms with E-state index in [4.69, 9.17) is 4.74 Å². The third kappa shape index (κ3) is 19.7.